The molecule has 0 spiro atoms. The Morgan fingerprint density at radius 2 is 2.00 bits per heavy atom. The zero-order valence-corrected chi connectivity index (χ0v) is 6.17. The summed E-state index contributed by atoms with van der Waals surface area (Å²) in [4.78, 5) is 0. The number of halogens is 1. The Labute approximate surface area is 68.0 Å². The minimum atomic E-state index is -1.87. The SMILES string of the molecule is OC[C@@H](O)[C@@H]1O[C@@H](O)[C@H](O)[C@H]1F. The van der Waals surface area contributed by atoms with E-state index in [9.17, 15) is 4.39 Å². The predicted octanol–water partition coefficient (Wildman–Crippen LogP) is -2.24. The predicted molar refractivity (Wildman–Crippen MR) is 34.9 cm³/mol. The zero-order chi connectivity index (χ0) is 9.30. The van der Waals surface area contributed by atoms with E-state index in [1.165, 1.54) is 0 Å². The largest absolute Gasteiger partial charge is 0.394 e. The monoisotopic (exact) mass is 182 g/mol. The lowest BCUT2D eigenvalue weighted by molar-refractivity contribution is -0.149. The van der Waals surface area contributed by atoms with Crippen molar-refractivity contribution in [2.75, 3.05) is 6.61 Å². The van der Waals surface area contributed by atoms with Crippen LogP contribution in [0.5, 0.6) is 0 Å². The lowest BCUT2D eigenvalue weighted by atomic mass is 10.1. The highest BCUT2D eigenvalue weighted by atomic mass is 19.1. The maximum atomic E-state index is 12.9. The molecule has 5 atom stereocenters. The highest BCUT2D eigenvalue weighted by Crippen LogP contribution is 2.24. The van der Waals surface area contributed by atoms with Crippen molar-refractivity contribution in [1.82, 2.24) is 0 Å². The summed E-state index contributed by atoms with van der Waals surface area (Å²) in [6, 6.07) is 0. The van der Waals surface area contributed by atoms with Gasteiger partial charge in [-0.3, -0.25) is 0 Å². The van der Waals surface area contributed by atoms with E-state index in [4.69, 9.17) is 20.4 Å². The average Bonchev–Trinajstić information content (AvgIpc) is 2.32. The van der Waals surface area contributed by atoms with Crippen molar-refractivity contribution >= 4 is 0 Å². The van der Waals surface area contributed by atoms with E-state index in [1.54, 1.807) is 0 Å². The molecule has 1 aliphatic heterocycles. The van der Waals surface area contributed by atoms with Gasteiger partial charge in [-0.1, -0.05) is 0 Å². The van der Waals surface area contributed by atoms with Gasteiger partial charge in [-0.2, -0.15) is 0 Å². The number of alkyl halides is 1. The van der Waals surface area contributed by atoms with E-state index in [0.717, 1.165) is 0 Å². The van der Waals surface area contributed by atoms with Gasteiger partial charge in [-0.15, -0.1) is 0 Å². The van der Waals surface area contributed by atoms with Gasteiger partial charge in [0.25, 0.3) is 0 Å². The maximum absolute atomic E-state index is 12.9. The van der Waals surface area contributed by atoms with Gasteiger partial charge in [-0.25, -0.2) is 4.39 Å². The third-order valence-electron chi connectivity index (χ3n) is 1.80. The van der Waals surface area contributed by atoms with E-state index in [2.05, 4.69) is 4.74 Å². The van der Waals surface area contributed by atoms with E-state index in [1.807, 2.05) is 0 Å². The topological polar surface area (TPSA) is 90.2 Å². The molecule has 0 bridgehead atoms. The first kappa shape index (κ1) is 9.82. The molecule has 0 unspecified atom stereocenters. The van der Waals surface area contributed by atoms with Crippen LogP contribution in [0.3, 0.4) is 0 Å². The van der Waals surface area contributed by atoms with Crippen LogP contribution in [0, 0.1) is 0 Å². The van der Waals surface area contributed by atoms with Crippen molar-refractivity contribution in [1.29, 1.82) is 0 Å². The second-order valence-corrected chi connectivity index (χ2v) is 2.68. The zero-order valence-electron chi connectivity index (χ0n) is 6.17. The van der Waals surface area contributed by atoms with Crippen molar-refractivity contribution in [3.05, 3.63) is 0 Å². The molecule has 1 rings (SSSR count). The molecule has 0 radical (unpaired) electrons. The highest BCUT2D eigenvalue weighted by molar-refractivity contribution is 4.90. The number of rotatable bonds is 2. The fraction of sp³-hybridized carbons (Fsp3) is 1.00. The lowest BCUT2D eigenvalue weighted by Gasteiger charge is -2.16. The molecule has 12 heavy (non-hydrogen) atoms. The first-order valence-corrected chi connectivity index (χ1v) is 3.52. The Bertz CT molecular complexity index is 155. The summed E-state index contributed by atoms with van der Waals surface area (Å²) in [6.07, 6.45) is -7.95. The van der Waals surface area contributed by atoms with Crippen molar-refractivity contribution in [3.63, 3.8) is 0 Å². The van der Waals surface area contributed by atoms with Crippen molar-refractivity contribution < 1.29 is 29.6 Å². The summed E-state index contributed by atoms with van der Waals surface area (Å²) in [5.41, 5.74) is 0. The fourth-order valence-corrected chi connectivity index (χ4v) is 1.07. The van der Waals surface area contributed by atoms with Crippen molar-refractivity contribution in [3.8, 4) is 0 Å². The quantitative estimate of drug-likeness (QED) is 0.387. The second kappa shape index (κ2) is 3.63. The van der Waals surface area contributed by atoms with Gasteiger partial charge in [0.1, 0.15) is 18.3 Å². The van der Waals surface area contributed by atoms with Gasteiger partial charge >= 0.3 is 0 Å². The van der Waals surface area contributed by atoms with Gasteiger partial charge < -0.3 is 25.2 Å². The third-order valence-corrected chi connectivity index (χ3v) is 1.80. The maximum Gasteiger partial charge on any atom is 0.184 e. The summed E-state index contributed by atoms with van der Waals surface area (Å²) in [5.74, 6) is 0. The van der Waals surface area contributed by atoms with Crippen LogP contribution in [0.15, 0.2) is 0 Å². The van der Waals surface area contributed by atoms with Crippen molar-refractivity contribution in [2.24, 2.45) is 0 Å². The molecule has 1 heterocycles. The normalized spacial score (nSPS) is 44.8. The minimum Gasteiger partial charge on any atom is -0.394 e. The molecule has 6 heteroatoms. The van der Waals surface area contributed by atoms with Crippen LogP contribution >= 0.6 is 0 Å². The number of hydrogen-bond acceptors (Lipinski definition) is 5. The standard InChI is InChI=1S/C6H11FO5/c7-3-4(10)6(11)12-5(3)2(9)1-8/h2-6,8-11H,1H2/t2-,3-,4-,5+,6-/m1/s1. The van der Waals surface area contributed by atoms with Crippen LogP contribution in [-0.2, 0) is 4.74 Å². The van der Waals surface area contributed by atoms with Crippen LogP contribution in [0.1, 0.15) is 0 Å². The molecule has 1 fully saturated rings. The van der Waals surface area contributed by atoms with Gasteiger partial charge in [0.2, 0.25) is 0 Å². The van der Waals surface area contributed by atoms with Crippen LogP contribution in [0.25, 0.3) is 0 Å². The van der Waals surface area contributed by atoms with Crippen LogP contribution in [-0.4, -0.2) is 57.8 Å². The number of hydrogen-bond donors (Lipinski definition) is 4. The third kappa shape index (κ3) is 1.57. The number of aliphatic hydroxyl groups excluding tert-OH is 4. The van der Waals surface area contributed by atoms with Crippen LogP contribution < -0.4 is 0 Å². The molecule has 1 saturated heterocycles. The molecular weight excluding hydrogens is 171 g/mol. The molecule has 0 saturated carbocycles. The average molecular weight is 182 g/mol. The minimum absolute atomic E-state index is 0.676. The van der Waals surface area contributed by atoms with Gasteiger partial charge in [0.15, 0.2) is 12.5 Å². The molecule has 5 nitrogen and oxygen atoms in total. The Morgan fingerprint density at radius 3 is 2.33 bits per heavy atom. The summed E-state index contributed by atoms with van der Waals surface area (Å²) in [7, 11) is 0. The highest BCUT2D eigenvalue weighted by Gasteiger charge is 2.46. The van der Waals surface area contributed by atoms with E-state index < -0.39 is 37.4 Å². The van der Waals surface area contributed by atoms with Crippen molar-refractivity contribution in [2.45, 2.75) is 30.8 Å². The molecule has 0 amide bonds. The lowest BCUT2D eigenvalue weighted by Crippen LogP contribution is -2.37. The molecule has 0 aromatic rings. The van der Waals surface area contributed by atoms with Crippen LogP contribution in [0.4, 0.5) is 4.39 Å². The van der Waals surface area contributed by atoms with Gasteiger partial charge in [0, 0.05) is 0 Å². The summed E-state index contributed by atoms with van der Waals surface area (Å²) in [5, 5.41) is 35.0. The Kier molecular flexibility index (Phi) is 2.97. The Hall–Kier alpha value is -0.270. The van der Waals surface area contributed by atoms with E-state index >= 15 is 0 Å². The summed E-state index contributed by atoms with van der Waals surface area (Å²) >= 11 is 0. The van der Waals surface area contributed by atoms with Gasteiger partial charge in [-0.05, 0) is 0 Å². The molecule has 72 valence electrons. The second-order valence-electron chi connectivity index (χ2n) is 2.68. The summed E-state index contributed by atoms with van der Waals surface area (Å²) in [6.45, 7) is -0.676. The molecule has 0 aromatic heterocycles. The summed E-state index contributed by atoms with van der Waals surface area (Å²) < 4.78 is 17.3. The number of ether oxygens (including phenoxy) is 1. The molecule has 0 aromatic carbocycles. The van der Waals surface area contributed by atoms with E-state index in [0.29, 0.717) is 0 Å². The fourth-order valence-electron chi connectivity index (χ4n) is 1.07. The molecule has 4 N–H and O–H groups in total. The Morgan fingerprint density at radius 1 is 1.42 bits per heavy atom. The smallest absolute Gasteiger partial charge is 0.184 e. The van der Waals surface area contributed by atoms with E-state index in [-0.39, 0.29) is 0 Å². The molecule has 0 aliphatic carbocycles. The molecule has 1 aliphatic rings. The molecular formula is C6H11FO5. The van der Waals surface area contributed by atoms with Gasteiger partial charge in [0.05, 0.1) is 6.61 Å². The Balaban J connectivity index is 2.58. The van der Waals surface area contributed by atoms with Crippen LogP contribution in [0.2, 0.25) is 0 Å². The number of aliphatic hydroxyl groups is 4. The first-order valence-electron chi connectivity index (χ1n) is 3.52. The first-order chi connectivity index (χ1) is 5.57.